The fourth-order valence-corrected chi connectivity index (χ4v) is 1.27. The Morgan fingerprint density at radius 2 is 1.82 bits per heavy atom. The van der Waals surface area contributed by atoms with E-state index in [9.17, 15) is 9.59 Å². The molecule has 0 aromatic carbocycles. The Labute approximate surface area is 104 Å². The number of hydrogen-bond donors (Lipinski definition) is 2. The van der Waals surface area contributed by atoms with Crippen molar-refractivity contribution in [3.63, 3.8) is 0 Å². The van der Waals surface area contributed by atoms with Gasteiger partial charge >= 0.3 is 0 Å². The largest absolute Gasteiger partial charge is 0.358 e. The summed E-state index contributed by atoms with van der Waals surface area (Å²) < 4.78 is 0. The fraction of sp³-hybridized carbons (Fsp3) is 0.833. The molecule has 0 heterocycles. The van der Waals surface area contributed by atoms with Crippen LogP contribution in [0, 0.1) is 0 Å². The molecule has 0 atom stereocenters. The van der Waals surface area contributed by atoms with E-state index in [1.54, 1.807) is 11.9 Å². The van der Waals surface area contributed by atoms with E-state index >= 15 is 0 Å². The van der Waals surface area contributed by atoms with Gasteiger partial charge in [-0.3, -0.25) is 9.59 Å². The van der Waals surface area contributed by atoms with Crippen molar-refractivity contribution in [1.82, 2.24) is 15.5 Å². The summed E-state index contributed by atoms with van der Waals surface area (Å²) in [5, 5.41) is 5.66. The Hall–Kier alpha value is -1.10. The SMILES string of the molecule is CCCN(CC(=O)NC)C(=O)CNC(C)(C)C. The Kier molecular flexibility index (Phi) is 6.80. The Balaban J connectivity index is 4.29. The van der Waals surface area contributed by atoms with Crippen molar-refractivity contribution in [2.75, 3.05) is 26.7 Å². The van der Waals surface area contributed by atoms with Crippen LogP contribution in [0.5, 0.6) is 0 Å². The zero-order valence-corrected chi connectivity index (χ0v) is 11.6. The van der Waals surface area contributed by atoms with Crippen LogP contribution in [0.3, 0.4) is 0 Å². The standard InChI is InChI=1S/C12H25N3O2/c1-6-7-15(9-10(16)13-5)11(17)8-14-12(2,3)4/h14H,6-9H2,1-5H3,(H,13,16). The molecule has 5 nitrogen and oxygen atoms in total. The zero-order valence-electron chi connectivity index (χ0n) is 11.6. The smallest absolute Gasteiger partial charge is 0.239 e. The molecule has 0 fully saturated rings. The molecule has 100 valence electrons. The third-order valence-corrected chi connectivity index (χ3v) is 2.23. The summed E-state index contributed by atoms with van der Waals surface area (Å²) in [6.45, 7) is 9.00. The second-order valence-electron chi connectivity index (χ2n) is 5.09. The molecule has 0 aliphatic rings. The van der Waals surface area contributed by atoms with Crippen LogP contribution in [0.25, 0.3) is 0 Å². The molecule has 0 radical (unpaired) electrons. The Morgan fingerprint density at radius 3 is 2.24 bits per heavy atom. The molecule has 0 aromatic heterocycles. The molecular weight excluding hydrogens is 218 g/mol. The summed E-state index contributed by atoms with van der Waals surface area (Å²) in [5.74, 6) is -0.173. The van der Waals surface area contributed by atoms with Gasteiger partial charge in [-0.1, -0.05) is 6.92 Å². The van der Waals surface area contributed by atoms with Gasteiger partial charge in [0.15, 0.2) is 0 Å². The van der Waals surface area contributed by atoms with Crippen molar-refractivity contribution >= 4 is 11.8 Å². The number of carbonyl (C=O) groups is 2. The van der Waals surface area contributed by atoms with E-state index < -0.39 is 0 Å². The van der Waals surface area contributed by atoms with Crippen LogP contribution in [0.1, 0.15) is 34.1 Å². The van der Waals surface area contributed by atoms with E-state index in [4.69, 9.17) is 0 Å². The lowest BCUT2D eigenvalue weighted by atomic mass is 10.1. The average molecular weight is 243 g/mol. The van der Waals surface area contributed by atoms with Gasteiger partial charge in [-0.05, 0) is 27.2 Å². The highest BCUT2D eigenvalue weighted by molar-refractivity contribution is 5.85. The van der Waals surface area contributed by atoms with Crippen LogP contribution in [0.2, 0.25) is 0 Å². The van der Waals surface area contributed by atoms with E-state index in [2.05, 4.69) is 10.6 Å². The normalized spacial score (nSPS) is 11.1. The molecule has 0 aromatic rings. The molecule has 0 saturated carbocycles. The fourth-order valence-electron chi connectivity index (χ4n) is 1.27. The molecule has 0 unspecified atom stereocenters. The van der Waals surface area contributed by atoms with Gasteiger partial charge in [-0.25, -0.2) is 0 Å². The first-order valence-corrected chi connectivity index (χ1v) is 6.03. The number of nitrogens with zero attached hydrogens (tertiary/aromatic N) is 1. The topological polar surface area (TPSA) is 61.4 Å². The van der Waals surface area contributed by atoms with Gasteiger partial charge in [-0.2, -0.15) is 0 Å². The summed E-state index contributed by atoms with van der Waals surface area (Å²) in [7, 11) is 1.57. The molecule has 2 amide bonds. The zero-order chi connectivity index (χ0) is 13.5. The summed E-state index contributed by atoms with van der Waals surface area (Å²) in [5.41, 5.74) is -0.0967. The quantitative estimate of drug-likeness (QED) is 0.708. The Morgan fingerprint density at radius 1 is 1.24 bits per heavy atom. The van der Waals surface area contributed by atoms with Crippen LogP contribution in [0.4, 0.5) is 0 Å². The molecular formula is C12H25N3O2. The first-order chi connectivity index (χ1) is 7.80. The van der Waals surface area contributed by atoms with Crippen LogP contribution in [-0.2, 0) is 9.59 Å². The van der Waals surface area contributed by atoms with E-state index in [-0.39, 0.29) is 30.4 Å². The van der Waals surface area contributed by atoms with Gasteiger partial charge in [-0.15, -0.1) is 0 Å². The van der Waals surface area contributed by atoms with Crippen molar-refractivity contribution in [2.45, 2.75) is 39.7 Å². The predicted molar refractivity (Wildman–Crippen MR) is 68.7 cm³/mol. The lowest BCUT2D eigenvalue weighted by Crippen LogP contribution is -2.47. The average Bonchev–Trinajstić information content (AvgIpc) is 2.24. The lowest BCUT2D eigenvalue weighted by Gasteiger charge is -2.25. The number of amides is 2. The Bertz CT molecular complexity index is 259. The molecule has 5 heteroatoms. The third kappa shape index (κ3) is 7.74. The minimum absolute atomic E-state index is 0.0367. The molecule has 0 aliphatic carbocycles. The minimum atomic E-state index is -0.137. The second-order valence-corrected chi connectivity index (χ2v) is 5.09. The highest BCUT2D eigenvalue weighted by Crippen LogP contribution is 1.99. The van der Waals surface area contributed by atoms with Crippen molar-refractivity contribution in [3.05, 3.63) is 0 Å². The maximum Gasteiger partial charge on any atom is 0.239 e. The van der Waals surface area contributed by atoms with E-state index in [0.29, 0.717) is 6.54 Å². The summed E-state index contributed by atoms with van der Waals surface area (Å²) in [4.78, 5) is 24.8. The summed E-state index contributed by atoms with van der Waals surface area (Å²) >= 11 is 0. The maximum atomic E-state index is 11.9. The molecule has 0 bridgehead atoms. The molecule has 17 heavy (non-hydrogen) atoms. The van der Waals surface area contributed by atoms with Gasteiger partial charge in [0.25, 0.3) is 0 Å². The minimum Gasteiger partial charge on any atom is -0.358 e. The molecule has 2 N–H and O–H groups in total. The van der Waals surface area contributed by atoms with Gasteiger partial charge in [0.05, 0.1) is 13.1 Å². The van der Waals surface area contributed by atoms with Crippen LogP contribution in [-0.4, -0.2) is 48.9 Å². The van der Waals surface area contributed by atoms with Crippen LogP contribution in [0.15, 0.2) is 0 Å². The van der Waals surface area contributed by atoms with Gasteiger partial charge < -0.3 is 15.5 Å². The van der Waals surface area contributed by atoms with Crippen molar-refractivity contribution in [3.8, 4) is 0 Å². The third-order valence-electron chi connectivity index (χ3n) is 2.23. The molecule has 0 aliphatic heterocycles. The molecule has 0 rings (SSSR count). The van der Waals surface area contributed by atoms with E-state index in [1.165, 1.54) is 0 Å². The molecule has 0 saturated heterocycles. The van der Waals surface area contributed by atoms with Gasteiger partial charge in [0.2, 0.25) is 11.8 Å². The number of likely N-dealkylation sites (N-methyl/N-ethyl adjacent to an activating group) is 1. The van der Waals surface area contributed by atoms with Crippen molar-refractivity contribution in [2.24, 2.45) is 0 Å². The predicted octanol–water partition coefficient (Wildman–Crippen LogP) is 0.359. The van der Waals surface area contributed by atoms with E-state index in [0.717, 1.165) is 6.42 Å². The number of hydrogen-bond acceptors (Lipinski definition) is 3. The number of rotatable bonds is 6. The van der Waals surface area contributed by atoms with Crippen LogP contribution >= 0.6 is 0 Å². The summed E-state index contributed by atoms with van der Waals surface area (Å²) in [6, 6.07) is 0. The van der Waals surface area contributed by atoms with Gasteiger partial charge in [0, 0.05) is 19.1 Å². The first kappa shape index (κ1) is 15.9. The maximum absolute atomic E-state index is 11.9. The van der Waals surface area contributed by atoms with Crippen LogP contribution < -0.4 is 10.6 Å². The highest BCUT2D eigenvalue weighted by atomic mass is 16.2. The van der Waals surface area contributed by atoms with Crippen molar-refractivity contribution < 1.29 is 9.59 Å². The molecule has 0 spiro atoms. The lowest BCUT2D eigenvalue weighted by molar-refractivity contribution is -0.135. The number of nitrogens with one attached hydrogen (secondary N) is 2. The monoisotopic (exact) mass is 243 g/mol. The van der Waals surface area contributed by atoms with Crippen molar-refractivity contribution in [1.29, 1.82) is 0 Å². The number of carbonyl (C=O) groups excluding carboxylic acids is 2. The summed E-state index contributed by atoms with van der Waals surface area (Å²) in [6.07, 6.45) is 0.845. The van der Waals surface area contributed by atoms with E-state index in [1.807, 2.05) is 27.7 Å². The first-order valence-electron chi connectivity index (χ1n) is 6.03. The van der Waals surface area contributed by atoms with Gasteiger partial charge in [0.1, 0.15) is 0 Å². The highest BCUT2D eigenvalue weighted by Gasteiger charge is 2.18. The second kappa shape index (κ2) is 7.27.